The Labute approximate surface area is 124 Å². The van der Waals surface area contributed by atoms with Gasteiger partial charge >= 0.3 is 0 Å². The zero-order valence-corrected chi connectivity index (χ0v) is 12.8. The molecule has 0 aromatic heterocycles. The molecule has 0 bridgehead atoms. The van der Waals surface area contributed by atoms with E-state index < -0.39 is 5.91 Å². The predicted molar refractivity (Wildman–Crippen MR) is 79.1 cm³/mol. The predicted octanol–water partition coefficient (Wildman–Crippen LogP) is 1.78. The molecule has 0 saturated heterocycles. The van der Waals surface area contributed by atoms with E-state index >= 15 is 0 Å². The van der Waals surface area contributed by atoms with Crippen LogP contribution in [0.25, 0.3) is 0 Å². The summed E-state index contributed by atoms with van der Waals surface area (Å²) in [7, 11) is 3.54. The standard InChI is InChI=1S/C16H22N2O3/c1-16(10-14(19)18(2)3)7-6-11-4-5-12(15(20)17-21)8-13(11)9-16/h4-5,8,21H,6-7,9-10H2,1-3H3,(H,17,20). The molecule has 0 radical (unpaired) electrons. The van der Waals surface area contributed by atoms with Crippen molar-refractivity contribution in [1.29, 1.82) is 0 Å². The number of carbonyl (C=O) groups excluding carboxylic acids is 2. The van der Waals surface area contributed by atoms with Gasteiger partial charge in [-0.05, 0) is 47.9 Å². The van der Waals surface area contributed by atoms with Crippen molar-refractivity contribution in [1.82, 2.24) is 10.4 Å². The molecule has 2 rings (SSSR count). The molecule has 114 valence electrons. The molecular weight excluding hydrogens is 268 g/mol. The van der Waals surface area contributed by atoms with E-state index in [1.165, 1.54) is 5.56 Å². The maximum atomic E-state index is 12.0. The largest absolute Gasteiger partial charge is 0.349 e. The van der Waals surface area contributed by atoms with Crippen LogP contribution in [0.5, 0.6) is 0 Å². The van der Waals surface area contributed by atoms with Crippen LogP contribution in [0.2, 0.25) is 0 Å². The summed E-state index contributed by atoms with van der Waals surface area (Å²) in [6, 6.07) is 5.48. The van der Waals surface area contributed by atoms with E-state index in [0.29, 0.717) is 12.0 Å². The van der Waals surface area contributed by atoms with Crippen LogP contribution < -0.4 is 5.48 Å². The van der Waals surface area contributed by atoms with Crippen LogP contribution in [0.3, 0.4) is 0 Å². The van der Waals surface area contributed by atoms with Gasteiger partial charge in [0.25, 0.3) is 5.91 Å². The fourth-order valence-corrected chi connectivity index (χ4v) is 2.90. The first kappa shape index (κ1) is 15.5. The highest BCUT2D eigenvalue weighted by molar-refractivity contribution is 5.93. The average Bonchev–Trinajstić information content (AvgIpc) is 2.45. The molecule has 2 amide bonds. The van der Waals surface area contributed by atoms with Crippen molar-refractivity contribution in [2.45, 2.75) is 32.6 Å². The molecule has 1 atom stereocenters. The van der Waals surface area contributed by atoms with E-state index in [4.69, 9.17) is 5.21 Å². The molecule has 2 N–H and O–H groups in total. The summed E-state index contributed by atoms with van der Waals surface area (Å²) in [5.74, 6) is -0.375. The monoisotopic (exact) mass is 290 g/mol. The molecule has 0 saturated carbocycles. The number of rotatable bonds is 3. The molecule has 5 nitrogen and oxygen atoms in total. The number of hydroxylamine groups is 1. The van der Waals surface area contributed by atoms with E-state index in [2.05, 4.69) is 6.92 Å². The second-order valence-corrected chi connectivity index (χ2v) is 6.38. The molecule has 1 aromatic rings. The summed E-state index contributed by atoms with van der Waals surface area (Å²) in [5.41, 5.74) is 4.33. The topological polar surface area (TPSA) is 69.6 Å². The van der Waals surface area contributed by atoms with Crippen molar-refractivity contribution in [2.24, 2.45) is 5.41 Å². The average molecular weight is 290 g/mol. The lowest BCUT2D eigenvalue weighted by atomic mass is 9.70. The van der Waals surface area contributed by atoms with Crippen LogP contribution in [-0.4, -0.2) is 36.0 Å². The van der Waals surface area contributed by atoms with Crippen LogP contribution in [0.1, 0.15) is 41.3 Å². The summed E-state index contributed by atoms with van der Waals surface area (Å²) >= 11 is 0. The molecule has 0 spiro atoms. The molecule has 1 unspecified atom stereocenters. The molecule has 21 heavy (non-hydrogen) atoms. The molecule has 0 heterocycles. The molecule has 1 aliphatic carbocycles. The molecule has 1 aromatic carbocycles. The highest BCUT2D eigenvalue weighted by atomic mass is 16.5. The third kappa shape index (κ3) is 3.42. The van der Waals surface area contributed by atoms with Crippen LogP contribution in [0.15, 0.2) is 18.2 Å². The number of amides is 2. The number of hydrogen-bond acceptors (Lipinski definition) is 3. The Morgan fingerprint density at radius 3 is 2.67 bits per heavy atom. The highest BCUT2D eigenvalue weighted by Gasteiger charge is 2.32. The summed E-state index contributed by atoms with van der Waals surface area (Å²) in [5, 5.41) is 8.73. The van der Waals surface area contributed by atoms with E-state index in [0.717, 1.165) is 24.8 Å². The van der Waals surface area contributed by atoms with Gasteiger partial charge in [0.2, 0.25) is 5.91 Å². The lowest BCUT2D eigenvalue weighted by Crippen LogP contribution is -2.33. The van der Waals surface area contributed by atoms with E-state index in [-0.39, 0.29) is 11.3 Å². The van der Waals surface area contributed by atoms with E-state index in [1.807, 2.05) is 12.1 Å². The normalized spacial score (nSPS) is 20.6. The number of benzene rings is 1. The third-order valence-electron chi connectivity index (χ3n) is 4.26. The van der Waals surface area contributed by atoms with Gasteiger partial charge in [-0.1, -0.05) is 13.0 Å². The Kier molecular flexibility index (Phi) is 4.32. The summed E-state index contributed by atoms with van der Waals surface area (Å²) in [6.07, 6.45) is 3.16. The van der Waals surface area contributed by atoms with Gasteiger partial charge < -0.3 is 4.90 Å². The van der Waals surface area contributed by atoms with Crippen molar-refractivity contribution in [3.05, 3.63) is 34.9 Å². The Hall–Kier alpha value is -1.88. The van der Waals surface area contributed by atoms with Gasteiger partial charge in [-0.25, -0.2) is 5.48 Å². The first-order valence-corrected chi connectivity index (χ1v) is 7.11. The van der Waals surface area contributed by atoms with Crippen LogP contribution in [0, 0.1) is 5.41 Å². The van der Waals surface area contributed by atoms with Crippen molar-refractivity contribution in [3.8, 4) is 0 Å². The summed E-state index contributed by atoms with van der Waals surface area (Å²) in [4.78, 5) is 25.1. The lowest BCUT2D eigenvalue weighted by molar-refractivity contribution is -0.131. The first-order chi connectivity index (χ1) is 9.84. The fourth-order valence-electron chi connectivity index (χ4n) is 2.90. The van der Waals surface area contributed by atoms with Gasteiger partial charge in [0, 0.05) is 26.1 Å². The minimum Gasteiger partial charge on any atom is -0.349 e. The zero-order chi connectivity index (χ0) is 15.6. The van der Waals surface area contributed by atoms with E-state index in [9.17, 15) is 9.59 Å². The van der Waals surface area contributed by atoms with Crippen molar-refractivity contribution in [3.63, 3.8) is 0 Å². The smallest absolute Gasteiger partial charge is 0.274 e. The van der Waals surface area contributed by atoms with Gasteiger partial charge in [-0.2, -0.15) is 0 Å². The molecule has 1 aliphatic rings. The third-order valence-corrected chi connectivity index (χ3v) is 4.26. The Morgan fingerprint density at radius 1 is 1.33 bits per heavy atom. The minimum atomic E-state index is -0.505. The number of carbonyl (C=O) groups is 2. The second kappa shape index (κ2) is 5.85. The van der Waals surface area contributed by atoms with Crippen molar-refractivity contribution < 1.29 is 14.8 Å². The van der Waals surface area contributed by atoms with Gasteiger partial charge in [0.15, 0.2) is 0 Å². The Balaban J connectivity index is 2.21. The highest BCUT2D eigenvalue weighted by Crippen LogP contribution is 2.38. The molecule has 0 fully saturated rings. The minimum absolute atomic E-state index is 0.0807. The molecule has 0 aliphatic heterocycles. The molecular formula is C16H22N2O3. The van der Waals surface area contributed by atoms with Gasteiger partial charge in [-0.15, -0.1) is 0 Å². The SMILES string of the molecule is CN(C)C(=O)CC1(C)CCc2ccc(C(=O)NO)cc2C1. The fraction of sp³-hybridized carbons (Fsp3) is 0.500. The summed E-state index contributed by atoms with van der Waals surface area (Å²) in [6.45, 7) is 2.12. The second-order valence-electron chi connectivity index (χ2n) is 6.38. The number of nitrogens with one attached hydrogen (secondary N) is 1. The Morgan fingerprint density at radius 2 is 2.05 bits per heavy atom. The number of aryl methyl sites for hydroxylation is 1. The van der Waals surface area contributed by atoms with Gasteiger partial charge in [-0.3, -0.25) is 14.8 Å². The van der Waals surface area contributed by atoms with Gasteiger partial charge in [0.05, 0.1) is 0 Å². The number of fused-ring (bicyclic) bond motifs is 1. The molecule has 5 heteroatoms. The number of hydrogen-bond donors (Lipinski definition) is 2. The van der Waals surface area contributed by atoms with Crippen LogP contribution in [0.4, 0.5) is 0 Å². The number of nitrogens with zero attached hydrogens (tertiary/aromatic N) is 1. The van der Waals surface area contributed by atoms with E-state index in [1.54, 1.807) is 30.5 Å². The summed E-state index contributed by atoms with van der Waals surface area (Å²) < 4.78 is 0. The maximum absolute atomic E-state index is 12.0. The van der Waals surface area contributed by atoms with Crippen LogP contribution >= 0.6 is 0 Å². The van der Waals surface area contributed by atoms with Crippen LogP contribution in [-0.2, 0) is 17.6 Å². The zero-order valence-electron chi connectivity index (χ0n) is 12.8. The van der Waals surface area contributed by atoms with Crippen molar-refractivity contribution >= 4 is 11.8 Å². The first-order valence-electron chi connectivity index (χ1n) is 7.11. The quantitative estimate of drug-likeness (QED) is 0.658. The Bertz CT molecular complexity index is 569. The maximum Gasteiger partial charge on any atom is 0.274 e. The van der Waals surface area contributed by atoms with Crippen molar-refractivity contribution in [2.75, 3.05) is 14.1 Å². The lowest BCUT2D eigenvalue weighted by Gasteiger charge is -2.35. The van der Waals surface area contributed by atoms with Gasteiger partial charge in [0.1, 0.15) is 0 Å².